The lowest BCUT2D eigenvalue weighted by Gasteiger charge is -2.45. The molecule has 0 aromatic carbocycles. The SMILES string of the molecule is C=C(C)C(C)(C)C(CC)(SC)SCC. The van der Waals surface area contributed by atoms with Gasteiger partial charge >= 0.3 is 0 Å². The molecule has 0 spiro atoms. The Hall–Kier alpha value is 0.440. The summed E-state index contributed by atoms with van der Waals surface area (Å²) < 4.78 is 0.285. The summed E-state index contributed by atoms with van der Waals surface area (Å²) in [5.41, 5.74) is 1.48. The van der Waals surface area contributed by atoms with Crippen LogP contribution in [0.1, 0.15) is 41.0 Å². The molecular weight excluding hydrogens is 208 g/mol. The Bertz CT molecular complexity index is 190. The molecule has 0 N–H and O–H groups in total. The van der Waals surface area contributed by atoms with E-state index in [1.165, 1.54) is 17.7 Å². The van der Waals surface area contributed by atoms with Gasteiger partial charge in [-0.15, -0.1) is 23.5 Å². The quantitative estimate of drug-likeness (QED) is 0.476. The third kappa shape index (κ3) is 2.52. The largest absolute Gasteiger partial charge is 0.147 e. The van der Waals surface area contributed by atoms with Crippen molar-refractivity contribution >= 4 is 23.5 Å². The van der Waals surface area contributed by atoms with E-state index >= 15 is 0 Å². The first-order chi connectivity index (χ1) is 6.38. The smallest absolute Gasteiger partial charge is 0.0692 e. The summed E-state index contributed by atoms with van der Waals surface area (Å²) in [4.78, 5) is 0. The molecule has 0 bridgehead atoms. The summed E-state index contributed by atoms with van der Waals surface area (Å²) in [5, 5.41) is 0. The third-order valence-corrected chi connectivity index (χ3v) is 7.06. The standard InChI is InChI=1S/C12H24S2/c1-8-12(13-7,14-9-2)11(5,6)10(3)4/h3,8-9H2,1-2,4-7H3. The predicted molar refractivity (Wildman–Crippen MR) is 73.3 cm³/mol. The summed E-state index contributed by atoms with van der Waals surface area (Å²) >= 11 is 4.04. The van der Waals surface area contributed by atoms with Gasteiger partial charge in [0.05, 0.1) is 4.08 Å². The van der Waals surface area contributed by atoms with Gasteiger partial charge in [0.1, 0.15) is 0 Å². The Morgan fingerprint density at radius 1 is 1.29 bits per heavy atom. The van der Waals surface area contributed by atoms with Crippen LogP contribution in [0.3, 0.4) is 0 Å². The van der Waals surface area contributed by atoms with Gasteiger partial charge in [-0.3, -0.25) is 0 Å². The van der Waals surface area contributed by atoms with E-state index in [0.717, 1.165) is 0 Å². The van der Waals surface area contributed by atoms with Gasteiger partial charge in [0.2, 0.25) is 0 Å². The van der Waals surface area contributed by atoms with E-state index < -0.39 is 0 Å². The summed E-state index contributed by atoms with van der Waals surface area (Å²) in [6.45, 7) is 15.4. The van der Waals surface area contributed by atoms with E-state index in [-0.39, 0.29) is 9.49 Å². The fourth-order valence-electron chi connectivity index (χ4n) is 1.74. The Labute approximate surface area is 98.3 Å². The summed E-state index contributed by atoms with van der Waals surface area (Å²) in [7, 11) is 0. The lowest BCUT2D eigenvalue weighted by molar-refractivity contribution is 0.390. The average molecular weight is 232 g/mol. The van der Waals surface area contributed by atoms with Crippen LogP contribution < -0.4 is 0 Å². The van der Waals surface area contributed by atoms with Crippen LogP contribution in [0.25, 0.3) is 0 Å². The first-order valence-electron chi connectivity index (χ1n) is 5.23. The molecule has 0 saturated heterocycles. The lowest BCUT2D eigenvalue weighted by Crippen LogP contribution is -2.39. The average Bonchev–Trinajstić information content (AvgIpc) is 2.13. The number of thioether (sulfide) groups is 2. The maximum absolute atomic E-state index is 4.14. The van der Waals surface area contributed by atoms with Crippen molar-refractivity contribution in [3.8, 4) is 0 Å². The first kappa shape index (κ1) is 14.4. The maximum Gasteiger partial charge on any atom is 0.0692 e. The highest BCUT2D eigenvalue weighted by atomic mass is 32.2. The summed E-state index contributed by atoms with van der Waals surface area (Å²) in [5.74, 6) is 1.17. The fraction of sp³-hybridized carbons (Fsp3) is 0.833. The van der Waals surface area contributed by atoms with Gasteiger partial charge in [0, 0.05) is 5.41 Å². The maximum atomic E-state index is 4.14. The molecule has 0 aromatic heterocycles. The van der Waals surface area contributed by atoms with Gasteiger partial charge in [-0.1, -0.05) is 39.8 Å². The van der Waals surface area contributed by atoms with Crippen LogP contribution in [-0.4, -0.2) is 16.1 Å². The molecule has 0 radical (unpaired) electrons. The molecule has 0 heterocycles. The Morgan fingerprint density at radius 3 is 2.00 bits per heavy atom. The van der Waals surface area contributed by atoms with Crippen LogP contribution in [0.5, 0.6) is 0 Å². The molecule has 84 valence electrons. The summed E-state index contributed by atoms with van der Waals surface area (Å²) in [6.07, 6.45) is 3.41. The minimum atomic E-state index is 0.196. The summed E-state index contributed by atoms with van der Waals surface area (Å²) in [6, 6.07) is 0. The highest BCUT2D eigenvalue weighted by molar-refractivity contribution is 8.18. The van der Waals surface area contributed by atoms with E-state index in [1.54, 1.807) is 0 Å². The molecule has 0 aliphatic heterocycles. The minimum absolute atomic E-state index is 0.196. The normalized spacial score (nSPS) is 16.4. The van der Waals surface area contributed by atoms with Crippen molar-refractivity contribution in [1.82, 2.24) is 0 Å². The highest BCUT2D eigenvalue weighted by Gasteiger charge is 2.43. The number of hydrogen-bond donors (Lipinski definition) is 0. The zero-order valence-electron chi connectivity index (χ0n) is 10.4. The second kappa shape index (κ2) is 5.50. The molecule has 0 fully saturated rings. The highest BCUT2D eigenvalue weighted by Crippen LogP contribution is 2.54. The molecule has 0 aromatic rings. The first-order valence-corrected chi connectivity index (χ1v) is 7.44. The topological polar surface area (TPSA) is 0 Å². The second-order valence-electron chi connectivity index (χ2n) is 4.15. The van der Waals surface area contributed by atoms with Crippen LogP contribution in [0.2, 0.25) is 0 Å². The van der Waals surface area contributed by atoms with Gasteiger partial charge in [0.15, 0.2) is 0 Å². The number of rotatable bonds is 6. The molecule has 0 amide bonds. The molecular formula is C12H24S2. The Balaban J connectivity index is 5.05. The van der Waals surface area contributed by atoms with E-state index in [1.807, 2.05) is 11.8 Å². The molecule has 0 saturated carbocycles. The van der Waals surface area contributed by atoms with Crippen molar-refractivity contribution < 1.29 is 0 Å². The molecule has 0 rings (SSSR count). The second-order valence-corrected chi connectivity index (χ2v) is 7.08. The van der Waals surface area contributed by atoms with Crippen LogP contribution in [-0.2, 0) is 0 Å². The van der Waals surface area contributed by atoms with Crippen LogP contribution >= 0.6 is 23.5 Å². The monoisotopic (exact) mass is 232 g/mol. The number of allylic oxidation sites excluding steroid dienone is 1. The molecule has 14 heavy (non-hydrogen) atoms. The van der Waals surface area contributed by atoms with E-state index in [9.17, 15) is 0 Å². The molecule has 1 atom stereocenters. The van der Waals surface area contributed by atoms with Gasteiger partial charge in [0.25, 0.3) is 0 Å². The van der Waals surface area contributed by atoms with Crippen molar-refractivity contribution in [2.75, 3.05) is 12.0 Å². The van der Waals surface area contributed by atoms with Crippen molar-refractivity contribution in [2.45, 2.75) is 45.1 Å². The Kier molecular flexibility index (Phi) is 5.68. The third-order valence-electron chi connectivity index (χ3n) is 3.19. The lowest BCUT2D eigenvalue weighted by atomic mass is 9.80. The molecule has 0 aliphatic rings. The zero-order valence-corrected chi connectivity index (χ0v) is 12.1. The van der Waals surface area contributed by atoms with Gasteiger partial charge in [-0.25, -0.2) is 0 Å². The van der Waals surface area contributed by atoms with Crippen LogP contribution in [0.4, 0.5) is 0 Å². The van der Waals surface area contributed by atoms with Gasteiger partial charge < -0.3 is 0 Å². The Morgan fingerprint density at radius 2 is 1.79 bits per heavy atom. The van der Waals surface area contributed by atoms with E-state index in [4.69, 9.17) is 0 Å². The molecule has 0 nitrogen and oxygen atoms in total. The van der Waals surface area contributed by atoms with E-state index in [2.05, 4.69) is 59.2 Å². The number of hydrogen-bond acceptors (Lipinski definition) is 2. The zero-order chi connectivity index (χ0) is 11.4. The minimum Gasteiger partial charge on any atom is -0.147 e. The fourth-order valence-corrected chi connectivity index (χ4v) is 4.74. The van der Waals surface area contributed by atoms with E-state index in [0.29, 0.717) is 0 Å². The van der Waals surface area contributed by atoms with Gasteiger partial charge in [-0.2, -0.15) is 0 Å². The molecule has 2 heteroatoms. The molecule has 0 aliphatic carbocycles. The molecule has 1 unspecified atom stereocenters. The van der Waals surface area contributed by atoms with Gasteiger partial charge in [-0.05, 0) is 25.4 Å². The van der Waals surface area contributed by atoms with Crippen molar-refractivity contribution in [3.05, 3.63) is 12.2 Å². The van der Waals surface area contributed by atoms with Crippen LogP contribution in [0, 0.1) is 5.41 Å². The van der Waals surface area contributed by atoms with Crippen LogP contribution in [0.15, 0.2) is 12.2 Å². The van der Waals surface area contributed by atoms with Crippen molar-refractivity contribution in [3.63, 3.8) is 0 Å². The van der Waals surface area contributed by atoms with Crippen molar-refractivity contribution in [1.29, 1.82) is 0 Å². The predicted octanol–water partition coefficient (Wildman–Crippen LogP) is 4.81. The van der Waals surface area contributed by atoms with Crippen molar-refractivity contribution in [2.24, 2.45) is 5.41 Å².